The highest BCUT2D eigenvalue weighted by atomic mass is 32.3. The molecule has 412 valence electrons. The number of rotatable bonds is 49. The molecule has 0 radical (unpaired) electrons. The molecule has 1 heterocycles. The summed E-state index contributed by atoms with van der Waals surface area (Å²) in [6.45, 7) is 3.24. The largest absolute Gasteiger partial charge is 0.397 e. The second-order valence-electron chi connectivity index (χ2n) is 20.0. The van der Waals surface area contributed by atoms with Gasteiger partial charge in [-0.2, -0.15) is 8.42 Å². The third kappa shape index (κ3) is 37.1. The first kappa shape index (κ1) is 66.3. The second-order valence-corrected chi connectivity index (χ2v) is 21.1. The zero-order valence-corrected chi connectivity index (χ0v) is 45.0. The van der Waals surface area contributed by atoms with Crippen LogP contribution in [0.4, 0.5) is 0 Å². The van der Waals surface area contributed by atoms with E-state index in [1.807, 2.05) is 0 Å². The van der Waals surface area contributed by atoms with Gasteiger partial charge in [0, 0.05) is 0 Å². The summed E-state index contributed by atoms with van der Waals surface area (Å²) in [6, 6.07) is -1.14. The molecule has 0 aliphatic carbocycles. The molecule has 8 atom stereocenters. The van der Waals surface area contributed by atoms with Crippen molar-refractivity contribution in [1.29, 1.82) is 0 Å². The molecule has 0 aromatic carbocycles. The van der Waals surface area contributed by atoms with Crippen molar-refractivity contribution < 1.29 is 57.0 Å². The number of hydrogen-bond acceptors (Lipinski definition) is 11. The summed E-state index contributed by atoms with van der Waals surface area (Å²) in [7, 11) is -5.13. The van der Waals surface area contributed by atoms with E-state index in [1.54, 1.807) is 6.08 Å². The number of aliphatic hydroxyl groups excluding tert-OH is 5. The van der Waals surface area contributed by atoms with Crippen molar-refractivity contribution in [2.45, 2.75) is 300 Å². The number of carbonyl (C=O) groups is 1. The van der Waals surface area contributed by atoms with E-state index < -0.39 is 78.5 Å². The van der Waals surface area contributed by atoms with Crippen molar-refractivity contribution in [3.63, 3.8) is 0 Å². The first-order chi connectivity index (χ1) is 33.9. The fourth-order valence-corrected chi connectivity index (χ4v) is 9.51. The van der Waals surface area contributed by atoms with Crippen molar-refractivity contribution in [1.82, 2.24) is 5.32 Å². The minimum absolute atomic E-state index is 0.230. The van der Waals surface area contributed by atoms with Crippen molar-refractivity contribution in [3.05, 3.63) is 36.5 Å². The quantitative estimate of drug-likeness (QED) is 0.0172. The van der Waals surface area contributed by atoms with E-state index in [1.165, 1.54) is 160 Å². The normalized spacial score (nSPS) is 20.3. The van der Waals surface area contributed by atoms with Crippen LogP contribution in [0, 0.1) is 0 Å². The monoisotopic (exact) mass is 1020 g/mol. The molecular weight excluding hydrogens is 911 g/mol. The Kier molecular flexibility index (Phi) is 43.4. The van der Waals surface area contributed by atoms with Crippen molar-refractivity contribution in [2.75, 3.05) is 13.2 Å². The summed E-state index contributed by atoms with van der Waals surface area (Å²) in [4.78, 5) is 13.2. The molecule has 70 heavy (non-hydrogen) atoms. The van der Waals surface area contributed by atoms with Gasteiger partial charge in [0.25, 0.3) is 0 Å². The molecule has 1 aliphatic heterocycles. The Labute approximate surface area is 427 Å². The van der Waals surface area contributed by atoms with Gasteiger partial charge in [-0.1, -0.05) is 230 Å². The number of allylic oxidation sites excluding steroid dienone is 5. The fourth-order valence-electron chi connectivity index (χ4n) is 9.00. The Hall–Kier alpha value is -1.72. The van der Waals surface area contributed by atoms with Gasteiger partial charge in [-0.25, -0.2) is 4.18 Å². The predicted molar refractivity (Wildman–Crippen MR) is 284 cm³/mol. The van der Waals surface area contributed by atoms with E-state index >= 15 is 0 Å². The number of amides is 1. The van der Waals surface area contributed by atoms with Crippen molar-refractivity contribution in [3.8, 4) is 0 Å². The highest BCUT2D eigenvalue weighted by molar-refractivity contribution is 7.80. The van der Waals surface area contributed by atoms with Crippen molar-refractivity contribution in [2.24, 2.45) is 0 Å². The lowest BCUT2D eigenvalue weighted by Crippen LogP contribution is -2.61. The van der Waals surface area contributed by atoms with E-state index in [9.17, 15) is 43.3 Å². The van der Waals surface area contributed by atoms with Gasteiger partial charge in [0.15, 0.2) is 6.29 Å². The summed E-state index contributed by atoms with van der Waals surface area (Å²) in [5.74, 6) is -0.714. The summed E-state index contributed by atoms with van der Waals surface area (Å²) in [6.07, 6.45) is 45.1. The second kappa shape index (κ2) is 45.9. The highest BCUT2D eigenvalue weighted by Crippen LogP contribution is 2.26. The van der Waals surface area contributed by atoms with Gasteiger partial charge in [0.1, 0.15) is 30.5 Å². The number of aliphatic hydroxyl groups is 5. The zero-order valence-electron chi connectivity index (χ0n) is 44.2. The lowest BCUT2D eigenvalue weighted by Gasteiger charge is -2.41. The maximum absolute atomic E-state index is 13.2. The van der Waals surface area contributed by atoms with Crippen LogP contribution >= 0.6 is 0 Å². The summed E-state index contributed by atoms with van der Waals surface area (Å²) in [5.41, 5.74) is 0. The van der Waals surface area contributed by atoms with Gasteiger partial charge in [-0.15, -0.1) is 0 Å². The van der Waals surface area contributed by atoms with E-state index in [0.29, 0.717) is 12.8 Å². The molecule has 8 unspecified atom stereocenters. The summed E-state index contributed by atoms with van der Waals surface area (Å²) >= 11 is 0. The van der Waals surface area contributed by atoms with Gasteiger partial charge >= 0.3 is 10.4 Å². The molecule has 1 saturated heterocycles. The molecule has 0 aromatic heterocycles. The van der Waals surface area contributed by atoms with Crippen LogP contribution < -0.4 is 5.32 Å². The molecular formula is C56H105NO12S. The Bertz CT molecular complexity index is 1400. The molecule has 0 aromatic rings. The van der Waals surface area contributed by atoms with E-state index in [-0.39, 0.29) is 6.42 Å². The van der Waals surface area contributed by atoms with Crippen LogP contribution in [-0.4, -0.2) is 107 Å². The van der Waals surface area contributed by atoms with Crippen LogP contribution in [0.15, 0.2) is 36.5 Å². The zero-order chi connectivity index (χ0) is 51.3. The van der Waals surface area contributed by atoms with Crippen LogP contribution in [-0.2, 0) is 28.9 Å². The third-order valence-corrected chi connectivity index (χ3v) is 14.0. The lowest BCUT2D eigenvalue weighted by atomic mass is 9.99. The molecule has 14 heteroatoms. The van der Waals surface area contributed by atoms with Crippen LogP contribution in [0.2, 0.25) is 0 Å². The molecule has 7 N–H and O–H groups in total. The maximum Gasteiger partial charge on any atom is 0.397 e. The van der Waals surface area contributed by atoms with Gasteiger partial charge in [-0.05, 0) is 57.8 Å². The smallest absolute Gasteiger partial charge is 0.394 e. The topological polar surface area (TPSA) is 212 Å². The maximum atomic E-state index is 13.2. The molecule has 1 amide bonds. The average Bonchev–Trinajstić information content (AvgIpc) is 3.33. The van der Waals surface area contributed by atoms with E-state index in [2.05, 4.69) is 47.7 Å². The Balaban J connectivity index is 2.48. The average molecular weight is 1020 g/mol. The fraction of sp³-hybridized carbons (Fsp3) is 0.875. The van der Waals surface area contributed by atoms with Gasteiger partial charge < -0.3 is 40.3 Å². The van der Waals surface area contributed by atoms with Crippen LogP contribution in [0.5, 0.6) is 0 Å². The van der Waals surface area contributed by atoms with Gasteiger partial charge in [0.05, 0.1) is 25.4 Å². The minimum atomic E-state index is -5.13. The Morgan fingerprint density at radius 2 is 0.957 bits per heavy atom. The van der Waals surface area contributed by atoms with Crippen LogP contribution in [0.1, 0.15) is 251 Å². The number of unbranched alkanes of at least 4 members (excludes halogenated alkanes) is 32. The summed E-state index contributed by atoms with van der Waals surface area (Å²) in [5, 5.41) is 55.5. The van der Waals surface area contributed by atoms with Crippen LogP contribution in [0.25, 0.3) is 0 Å². The number of carbonyl (C=O) groups excluding carboxylic acids is 1. The van der Waals surface area contributed by atoms with E-state index in [4.69, 9.17) is 9.47 Å². The predicted octanol–water partition coefficient (Wildman–Crippen LogP) is 12.0. The van der Waals surface area contributed by atoms with Gasteiger partial charge in [-0.3, -0.25) is 9.35 Å². The highest BCUT2D eigenvalue weighted by Gasteiger charge is 2.48. The van der Waals surface area contributed by atoms with Gasteiger partial charge in [0.2, 0.25) is 5.91 Å². The molecule has 1 aliphatic rings. The molecule has 0 bridgehead atoms. The lowest BCUT2D eigenvalue weighted by molar-refractivity contribution is -0.298. The number of hydrogen-bond donors (Lipinski definition) is 7. The summed E-state index contributed by atoms with van der Waals surface area (Å²) < 4.78 is 47.7. The molecule has 0 spiro atoms. The molecule has 13 nitrogen and oxygen atoms in total. The van der Waals surface area contributed by atoms with Crippen LogP contribution in [0.3, 0.4) is 0 Å². The first-order valence-corrected chi connectivity index (χ1v) is 29.8. The first-order valence-electron chi connectivity index (χ1n) is 28.5. The SMILES string of the molecule is CCCCCCCCCCCCC/C=C\CCCCCCCCC(O)C(=O)NC(COC1OC(CO)C(O)C(OS(=O)(=O)O)C1O)C(O)/C=C/CC/C=C/CCCCCCCCCCCCCCCC. The minimum Gasteiger partial charge on any atom is -0.394 e. The number of nitrogens with one attached hydrogen (secondary N) is 1. The third-order valence-electron chi connectivity index (χ3n) is 13.5. The van der Waals surface area contributed by atoms with E-state index in [0.717, 1.165) is 64.2 Å². The Morgan fingerprint density at radius 3 is 1.37 bits per heavy atom. The van der Waals surface area contributed by atoms with Crippen molar-refractivity contribution >= 4 is 16.3 Å². The standard InChI is InChI=1S/C56H105NO12S/c1-3-5-7-9-11-13-15-17-19-21-23-25-27-29-31-33-35-37-39-41-43-45-50(60)55(63)57-48(47-67-56-53(62)54(69-70(64,65)66)52(61)51(46-58)68-56)49(59)44-42-40-38-36-34-32-30-28-26-24-22-20-18-16-14-12-10-8-6-4-2/h27,29,34,36,42,44,48-54,56,58-62H,3-26,28,30-33,35,37-41,43,45-47H2,1-2H3,(H,57,63)(H,64,65,66)/b29-27-,36-34+,44-42+. The molecule has 1 rings (SSSR count). The Morgan fingerprint density at radius 1 is 0.571 bits per heavy atom. The molecule has 0 saturated carbocycles. The molecule has 1 fully saturated rings. The number of ether oxygens (including phenoxy) is 2.